The number of aromatic nitrogens is 3. The lowest BCUT2D eigenvalue weighted by Crippen LogP contribution is -2.49. The second-order valence-electron chi connectivity index (χ2n) is 7.38. The van der Waals surface area contributed by atoms with E-state index < -0.39 is 10.0 Å². The Morgan fingerprint density at radius 2 is 1.66 bits per heavy atom. The van der Waals surface area contributed by atoms with Gasteiger partial charge in [0.1, 0.15) is 0 Å². The van der Waals surface area contributed by atoms with Crippen LogP contribution in [-0.2, 0) is 16.7 Å². The van der Waals surface area contributed by atoms with Gasteiger partial charge in [-0.3, -0.25) is 14.6 Å². The molecule has 29 heavy (non-hydrogen) atoms. The highest BCUT2D eigenvalue weighted by atomic mass is 32.2. The molecule has 0 amide bonds. The highest BCUT2D eigenvalue weighted by Gasteiger charge is 2.29. The van der Waals surface area contributed by atoms with Crippen molar-refractivity contribution in [2.45, 2.75) is 25.4 Å². The molecule has 0 atom stereocenters. The van der Waals surface area contributed by atoms with Gasteiger partial charge in [-0.1, -0.05) is 12.1 Å². The van der Waals surface area contributed by atoms with Gasteiger partial charge in [0.05, 0.1) is 17.3 Å². The van der Waals surface area contributed by atoms with E-state index in [1.165, 1.54) is 0 Å². The van der Waals surface area contributed by atoms with Crippen LogP contribution in [0, 0.1) is 13.8 Å². The molecule has 1 aliphatic heterocycles. The number of pyridine rings is 1. The zero-order chi connectivity index (χ0) is 20.4. The van der Waals surface area contributed by atoms with Gasteiger partial charge in [-0.25, -0.2) is 8.42 Å². The molecule has 2 aromatic heterocycles. The van der Waals surface area contributed by atoms with Crippen molar-refractivity contribution < 1.29 is 8.42 Å². The Bertz CT molecular complexity index is 1090. The quantitative estimate of drug-likeness (QED) is 0.645. The maximum atomic E-state index is 13.1. The van der Waals surface area contributed by atoms with Crippen molar-refractivity contribution in [2.75, 3.05) is 26.2 Å². The molecule has 8 heteroatoms. The maximum Gasteiger partial charge on any atom is 0.243 e. The molecule has 152 valence electrons. The van der Waals surface area contributed by atoms with E-state index in [4.69, 9.17) is 0 Å². The molecule has 0 spiro atoms. The van der Waals surface area contributed by atoms with E-state index >= 15 is 0 Å². The average molecular weight is 412 g/mol. The Hall–Kier alpha value is -2.55. The Morgan fingerprint density at radius 1 is 0.931 bits per heavy atom. The van der Waals surface area contributed by atoms with Gasteiger partial charge in [0.15, 0.2) is 0 Å². The number of sulfonamides is 1. The molecule has 7 nitrogen and oxygen atoms in total. The largest absolute Gasteiger partial charge is 0.282 e. The minimum atomic E-state index is -3.47. The molecule has 0 N–H and O–H groups in total. The summed E-state index contributed by atoms with van der Waals surface area (Å²) in [7, 11) is -3.47. The third kappa shape index (κ3) is 4.10. The highest BCUT2D eigenvalue weighted by Crippen LogP contribution is 2.23. The molecule has 3 aromatic rings. The molecule has 1 fully saturated rings. The Balaban J connectivity index is 1.44. The summed E-state index contributed by atoms with van der Waals surface area (Å²) in [6.07, 6.45) is 5.32. The summed E-state index contributed by atoms with van der Waals surface area (Å²) >= 11 is 0. The minimum absolute atomic E-state index is 0.415. The minimum Gasteiger partial charge on any atom is -0.282 e. The highest BCUT2D eigenvalue weighted by molar-refractivity contribution is 7.89. The van der Waals surface area contributed by atoms with Gasteiger partial charge in [-0.2, -0.15) is 9.40 Å². The van der Waals surface area contributed by atoms with Gasteiger partial charge in [0.2, 0.25) is 10.0 Å². The van der Waals surface area contributed by atoms with Crippen LogP contribution in [-0.4, -0.2) is 58.6 Å². The van der Waals surface area contributed by atoms with Crippen molar-refractivity contribution in [2.24, 2.45) is 0 Å². The first-order chi connectivity index (χ1) is 13.9. The fourth-order valence-corrected chi connectivity index (χ4v) is 5.37. The summed E-state index contributed by atoms with van der Waals surface area (Å²) in [5.74, 6) is 0. The van der Waals surface area contributed by atoms with Crippen LogP contribution in [0.2, 0.25) is 0 Å². The third-order valence-corrected chi connectivity index (χ3v) is 7.36. The van der Waals surface area contributed by atoms with Crippen molar-refractivity contribution >= 4 is 10.0 Å². The fourth-order valence-electron chi connectivity index (χ4n) is 3.64. The van der Waals surface area contributed by atoms with Gasteiger partial charge in [0.25, 0.3) is 0 Å². The molecule has 3 heterocycles. The molecular formula is C21H25N5O2S. The fraction of sp³-hybridized carbons (Fsp3) is 0.333. The van der Waals surface area contributed by atoms with Gasteiger partial charge >= 0.3 is 0 Å². The van der Waals surface area contributed by atoms with Crippen molar-refractivity contribution in [3.63, 3.8) is 0 Å². The number of hydrogen-bond donors (Lipinski definition) is 0. The van der Waals surface area contributed by atoms with Crippen molar-refractivity contribution in [1.29, 1.82) is 0 Å². The van der Waals surface area contributed by atoms with Crippen LogP contribution < -0.4 is 0 Å². The van der Waals surface area contributed by atoms with Crippen LogP contribution in [0.15, 0.2) is 59.9 Å². The van der Waals surface area contributed by atoms with Crippen LogP contribution in [0.1, 0.15) is 11.1 Å². The lowest BCUT2D eigenvalue weighted by Gasteiger charge is -2.34. The Morgan fingerprint density at radius 3 is 2.38 bits per heavy atom. The molecule has 1 aliphatic rings. The molecule has 1 aromatic carbocycles. The monoisotopic (exact) mass is 411 g/mol. The molecular weight excluding hydrogens is 386 g/mol. The van der Waals surface area contributed by atoms with Crippen LogP contribution in [0.25, 0.3) is 11.3 Å². The average Bonchev–Trinajstić information content (AvgIpc) is 3.19. The van der Waals surface area contributed by atoms with Gasteiger partial charge in [-0.15, -0.1) is 0 Å². The van der Waals surface area contributed by atoms with E-state index in [2.05, 4.69) is 15.0 Å². The molecule has 0 bridgehead atoms. The zero-order valence-corrected chi connectivity index (χ0v) is 17.5. The van der Waals surface area contributed by atoms with E-state index in [0.717, 1.165) is 22.4 Å². The zero-order valence-electron chi connectivity index (χ0n) is 16.7. The molecule has 0 aliphatic carbocycles. The van der Waals surface area contributed by atoms with E-state index in [1.807, 2.05) is 48.9 Å². The first kappa shape index (κ1) is 19.8. The molecule has 0 saturated carbocycles. The van der Waals surface area contributed by atoms with Crippen LogP contribution in [0.3, 0.4) is 0 Å². The number of nitrogens with zero attached hydrogens (tertiary/aromatic N) is 5. The van der Waals surface area contributed by atoms with Gasteiger partial charge in [0, 0.05) is 50.3 Å². The number of hydrogen-bond acceptors (Lipinski definition) is 5. The predicted molar refractivity (Wildman–Crippen MR) is 112 cm³/mol. The lowest BCUT2D eigenvalue weighted by molar-refractivity contribution is 0.146. The first-order valence-corrected chi connectivity index (χ1v) is 11.1. The standard InChI is InChI=1S/C21H25N5O2S/c1-17-3-4-18(2)21(15-17)29(27,28)25-13-11-24(12-14-25)16-26-20(7-10-23-26)19-5-8-22-9-6-19/h3-10,15H,11-14,16H2,1-2H3. The molecule has 1 saturated heterocycles. The summed E-state index contributed by atoms with van der Waals surface area (Å²) in [5, 5.41) is 4.45. The maximum absolute atomic E-state index is 13.1. The van der Waals surface area contributed by atoms with E-state index in [1.54, 1.807) is 29.0 Å². The van der Waals surface area contributed by atoms with E-state index in [0.29, 0.717) is 37.7 Å². The van der Waals surface area contributed by atoms with Crippen molar-refractivity contribution in [3.05, 3.63) is 66.1 Å². The normalized spacial score (nSPS) is 16.2. The van der Waals surface area contributed by atoms with Crippen LogP contribution in [0.5, 0.6) is 0 Å². The van der Waals surface area contributed by atoms with Crippen molar-refractivity contribution in [1.82, 2.24) is 24.0 Å². The molecule has 4 rings (SSSR count). The SMILES string of the molecule is Cc1ccc(C)c(S(=O)(=O)N2CCN(Cn3nccc3-c3ccncc3)CC2)c1. The van der Waals surface area contributed by atoms with Crippen LogP contribution >= 0.6 is 0 Å². The summed E-state index contributed by atoms with van der Waals surface area (Å²) in [4.78, 5) is 6.71. The van der Waals surface area contributed by atoms with Gasteiger partial charge < -0.3 is 0 Å². The summed E-state index contributed by atoms with van der Waals surface area (Å²) in [6.45, 7) is 6.67. The predicted octanol–water partition coefficient (Wildman–Crippen LogP) is 2.53. The first-order valence-electron chi connectivity index (χ1n) is 9.67. The van der Waals surface area contributed by atoms with Gasteiger partial charge in [-0.05, 0) is 49.2 Å². The number of aryl methyl sites for hydroxylation is 2. The molecule has 0 radical (unpaired) electrons. The van der Waals surface area contributed by atoms with Crippen LogP contribution in [0.4, 0.5) is 0 Å². The van der Waals surface area contributed by atoms with Crippen molar-refractivity contribution in [3.8, 4) is 11.3 Å². The topological polar surface area (TPSA) is 71.3 Å². The Labute approximate surface area is 171 Å². The smallest absolute Gasteiger partial charge is 0.243 e. The third-order valence-electron chi connectivity index (χ3n) is 5.32. The van der Waals surface area contributed by atoms with E-state index in [9.17, 15) is 8.42 Å². The second kappa shape index (κ2) is 8.06. The lowest BCUT2D eigenvalue weighted by atomic mass is 10.2. The van der Waals surface area contributed by atoms with E-state index in [-0.39, 0.29) is 0 Å². The number of benzene rings is 1. The summed E-state index contributed by atoms with van der Waals surface area (Å²) in [5.41, 5.74) is 3.83. The number of piperazine rings is 1. The molecule has 0 unspecified atom stereocenters. The summed E-state index contributed by atoms with van der Waals surface area (Å²) < 4.78 is 29.8. The summed E-state index contributed by atoms with van der Waals surface area (Å²) in [6, 6.07) is 11.5. The Kier molecular flexibility index (Phi) is 5.49. The number of rotatable bonds is 5. The second-order valence-corrected chi connectivity index (χ2v) is 9.29.